The zero-order valence-electron chi connectivity index (χ0n) is 9.47. The van der Waals surface area contributed by atoms with Crippen LogP contribution in [0.1, 0.15) is 5.56 Å². The summed E-state index contributed by atoms with van der Waals surface area (Å²) < 4.78 is 22.1. The molecule has 0 atom stereocenters. The molecule has 0 bridgehead atoms. The summed E-state index contributed by atoms with van der Waals surface area (Å²) in [6.07, 6.45) is 1.33. The molecule has 0 unspecified atom stereocenters. The Kier molecular flexibility index (Phi) is 8.61. The SMILES string of the molecule is COc1cccc(C=NNC(N)=O)c1[OH2+].[O]=[U+2]=[O]. The Morgan fingerprint density at radius 3 is 2.67 bits per heavy atom. The van der Waals surface area contributed by atoms with E-state index in [4.69, 9.17) is 20.0 Å². The van der Waals surface area contributed by atoms with E-state index in [9.17, 15) is 4.79 Å². The number of para-hydroxylation sites is 1. The second-order valence-corrected chi connectivity index (χ2v) is 3.44. The van der Waals surface area contributed by atoms with Crippen LogP contribution in [0, 0.1) is 27.8 Å². The number of primary amides is 1. The van der Waals surface area contributed by atoms with Gasteiger partial charge in [0.25, 0.3) is 0 Å². The average molecular weight is 480 g/mol. The second-order valence-electron chi connectivity index (χ2n) is 2.74. The van der Waals surface area contributed by atoms with E-state index in [0.29, 0.717) is 11.3 Å². The van der Waals surface area contributed by atoms with Crippen LogP contribution in [0.3, 0.4) is 0 Å². The third-order valence-corrected chi connectivity index (χ3v) is 1.66. The van der Waals surface area contributed by atoms with Crippen LogP contribution in [0.5, 0.6) is 11.5 Å². The second kappa shape index (κ2) is 9.44. The van der Waals surface area contributed by atoms with Crippen molar-refractivity contribution in [1.82, 2.24) is 5.43 Å². The van der Waals surface area contributed by atoms with Gasteiger partial charge < -0.3 is 15.6 Å². The van der Waals surface area contributed by atoms with Crippen LogP contribution in [0.15, 0.2) is 23.3 Å². The van der Waals surface area contributed by atoms with Gasteiger partial charge in [0.2, 0.25) is 5.75 Å². The number of hydrazone groups is 1. The quantitative estimate of drug-likeness (QED) is 0.355. The Morgan fingerprint density at radius 1 is 1.56 bits per heavy atom. The monoisotopic (exact) mass is 480 g/mol. The number of nitrogens with zero attached hydrogens (tertiary/aromatic N) is 1. The minimum atomic E-state index is -2.51. The average Bonchev–Trinajstić information content (AvgIpc) is 2.32. The number of hydrogen-bond acceptors (Lipinski definition) is 5. The standard InChI is InChI=1S/C9H11N3O3.2O.U/c1-15-7-4-2-3-6(8(7)13)5-11-12-9(10)14;;;/h2-5,13H,1H3,(H3,10,12,14);;;/q;;;+2/p+1. The Labute approximate surface area is 117 Å². The summed E-state index contributed by atoms with van der Waals surface area (Å²) in [7, 11) is 1.48. The van der Waals surface area contributed by atoms with Gasteiger partial charge in [0.05, 0.1) is 18.9 Å². The maximum absolute atomic E-state index is 10.3. The summed E-state index contributed by atoms with van der Waals surface area (Å²) in [4.78, 5) is 10.3. The fourth-order valence-electron chi connectivity index (χ4n) is 0.991. The molecule has 0 fully saturated rings. The van der Waals surface area contributed by atoms with Crippen LogP contribution in [-0.4, -0.2) is 24.5 Å². The number of nitrogens with one attached hydrogen (secondary N) is 1. The Morgan fingerprint density at radius 2 is 2.17 bits per heavy atom. The van der Waals surface area contributed by atoms with Crippen molar-refractivity contribution in [2.45, 2.75) is 0 Å². The van der Waals surface area contributed by atoms with Crippen molar-refractivity contribution in [3.05, 3.63) is 23.8 Å². The van der Waals surface area contributed by atoms with Gasteiger partial charge in [-0.1, -0.05) is 6.07 Å². The number of urea groups is 1. The van der Waals surface area contributed by atoms with E-state index < -0.39 is 33.8 Å². The molecule has 94 valence electrons. The third-order valence-electron chi connectivity index (χ3n) is 1.66. The van der Waals surface area contributed by atoms with Gasteiger partial charge in [0.15, 0.2) is 0 Å². The molecule has 0 aliphatic heterocycles. The van der Waals surface area contributed by atoms with Crippen molar-refractivity contribution >= 4 is 12.2 Å². The van der Waals surface area contributed by atoms with Gasteiger partial charge in [-0.15, -0.1) is 0 Å². The molecule has 0 spiro atoms. The van der Waals surface area contributed by atoms with Crippen molar-refractivity contribution < 1.29 is 46.9 Å². The van der Waals surface area contributed by atoms with Crippen LogP contribution in [0.25, 0.3) is 0 Å². The topological polar surface area (TPSA) is 134 Å². The zero-order valence-corrected chi connectivity index (χ0v) is 13.6. The van der Waals surface area contributed by atoms with Crippen molar-refractivity contribution in [2.75, 3.05) is 7.11 Å². The maximum atomic E-state index is 10.3. The van der Waals surface area contributed by atoms with E-state index in [2.05, 4.69) is 5.10 Å². The van der Waals surface area contributed by atoms with Crippen molar-refractivity contribution in [2.24, 2.45) is 10.8 Å². The zero-order chi connectivity index (χ0) is 14.0. The molecular weight excluding hydrogens is 468 g/mol. The van der Waals surface area contributed by atoms with Gasteiger partial charge in [-0.25, -0.2) is 10.2 Å². The van der Waals surface area contributed by atoms with Gasteiger partial charge >= 0.3 is 44.1 Å². The molecule has 0 saturated carbocycles. The molecule has 0 heterocycles. The number of carbonyl (C=O) groups is 1. The first-order chi connectivity index (χ1) is 8.56. The van der Waals surface area contributed by atoms with Crippen LogP contribution < -0.4 is 15.9 Å². The molecule has 1 aromatic carbocycles. The number of carbonyl (C=O) groups excluding carboxylic acids is 1. The number of benzene rings is 1. The molecular formula is C9H12N3O5U+3. The van der Waals surface area contributed by atoms with Gasteiger partial charge in [0.1, 0.15) is 0 Å². The van der Waals surface area contributed by atoms with E-state index in [1.165, 1.54) is 13.3 Å². The number of rotatable bonds is 3. The fourth-order valence-corrected chi connectivity index (χ4v) is 0.991. The summed E-state index contributed by atoms with van der Waals surface area (Å²) in [5, 5.41) is 11.2. The first-order valence-corrected chi connectivity index (χ1v) is 7.93. The first kappa shape index (κ1) is 16.4. The molecule has 0 aliphatic rings. The summed E-state index contributed by atoms with van der Waals surface area (Å²) >= 11 is -2.51. The molecule has 8 nitrogen and oxygen atoms in total. The third kappa shape index (κ3) is 6.22. The first-order valence-electron chi connectivity index (χ1n) is 4.53. The van der Waals surface area contributed by atoms with Gasteiger partial charge in [0, 0.05) is 0 Å². The number of hydrogen-bond donors (Lipinski definition) is 2. The Balaban J connectivity index is 0.000000873. The fraction of sp³-hybridized carbons (Fsp3) is 0.111. The molecule has 0 radical (unpaired) electrons. The molecule has 2 amide bonds. The van der Waals surface area contributed by atoms with E-state index >= 15 is 0 Å². The number of methoxy groups -OCH3 is 1. The van der Waals surface area contributed by atoms with Crippen molar-refractivity contribution in [3.63, 3.8) is 0 Å². The number of amides is 2. The molecule has 18 heavy (non-hydrogen) atoms. The number of nitrogens with two attached hydrogens (primary N) is 1. The molecule has 0 aromatic heterocycles. The summed E-state index contributed by atoms with van der Waals surface area (Å²) in [5.74, 6) is 0.646. The van der Waals surface area contributed by atoms with E-state index in [1.54, 1.807) is 18.2 Å². The molecule has 0 aliphatic carbocycles. The van der Waals surface area contributed by atoms with E-state index in [-0.39, 0.29) is 5.75 Å². The Hall–Kier alpha value is -1.59. The minimum absolute atomic E-state index is 0.204. The molecule has 0 saturated heterocycles. The summed E-state index contributed by atoms with van der Waals surface area (Å²) in [6, 6.07) is 4.32. The van der Waals surface area contributed by atoms with Gasteiger partial charge in [-0.3, -0.25) is 0 Å². The van der Waals surface area contributed by atoms with E-state index in [0.717, 1.165) is 0 Å². The normalized spacial score (nSPS) is 8.94. The van der Waals surface area contributed by atoms with Crippen LogP contribution >= 0.6 is 0 Å². The molecule has 9 heteroatoms. The molecule has 1 rings (SSSR count). The molecule has 1 aromatic rings. The van der Waals surface area contributed by atoms with Crippen molar-refractivity contribution in [3.8, 4) is 11.5 Å². The van der Waals surface area contributed by atoms with Crippen molar-refractivity contribution in [1.29, 1.82) is 0 Å². The van der Waals surface area contributed by atoms with E-state index in [1.807, 2.05) is 5.43 Å². The Bertz CT molecular complexity index is 471. The van der Waals surface area contributed by atoms with Crippen LogP contribution in [0.4, 0.5) is 4.79 Å². The predicted molar refractivity (Wildman–Crippen MR) is 57.7 cm³/mol. The van der Waals surface area contributed by atoms with Gasteiger partial charge in [-0.05, 0) is 12.1 Å². The van der Waals surface area contributed by atoms with Crippen LogP contribution in [-0.2, 0) is 4.47 Å². The summed E-state index contributed by atoms with van der Waals surface area (Å²) in [6.45, 7) is 0. The summed E-state index contributed by atoms with van der Waals surface area (Å²) in [5.41, 5.74) is 7.39. The van der Waals surface area contributed by atoms with Crippen LogP contribution in [0.2, 0.25) is 0 Å². The predicted octanol–water partition coefficient (Wildman–Crippen LogP) is -0.102. The number of ether oxygens (including phenoxy) is 1. The van der Waals surface area contributed by atoms with Gasteiger partial charge in [-0.2, -0.15) is 5.10 Å². The molecule has 5 N–H and O–H groups in total.